The number of hydrogen-bond donors (Lipinski definition) is 0. The summed E-state index contributed by atoms with van der Waals surface area (Å²) in [6.07, 6.45) is -0.197. The molecule has 0 fully saturated rings. The third-order valence-electron chi connectivity index (χ3n) is 2.71. The Balaban J connectivity index is 2.56. The molecular weight excluding hydrogens is 216 g/mol. The van der Waals surface area contributed by atoms with E-state index in [1.807, 2.05) is 45.0 Å². The van der Waals surface area contributed by atoms with Gasteiger partial charge in [0.1, 0.15) is 11.9 Å². The number of carbonyl (C=O) groups excluding carboxylic acids is 1. The zero-order valence-electron chi connectivity index (χ0n) is 10.9. The van der Waals surface area contributed by atoms with Crippen molar-refractivity contribution in [3.8, 4) is 5.75 Å². The molecule has 1 rings (SSSR count). The van der Waals surface area contributed by atoms with Gasteiger partial charge in [-0.2, -0.15) is 0 Å². The summed E-state index contributed by atoms with van der Waals surface area (Å²) in [5.74, 6) is 0.294. The first kappa shape index (κ1) is 13.6. The van der Waals surface area contributed by atoms with E-state index in [-0.39, 0.29) is 18.0 Å². The first-order chi connectivity index (χ1) is 8.04. The first-order valence-corrected chi connectivity index (χ1v) is 5.94. The zero-order valence-corrected chi connectivity index (χ0v) is 10.9. The molecular formula is C14H20O3. The van der Waals surface area contributed by atoms with Crippen LogP contribution in [0.15, 0.2) is 24.3 Å². The van der Waals surface area contributed by atoms with Crippen molar-refractivity contribution in [3.63, 3.8) is 0 Å². The number of ether oxygens (including phenoxy) is 2. The number of rotatable bonds is 5. The van der Waals surface area contributed by atoms with Crippen LogP contribution < -0.4 is 4.74 Å². The Bertz CT molecular complexity index is 356. The summed E-state index contributed by atoms with van der Waals surface area (Å²) in [6, 6.07) is 7.78. The van der Waals surface area contributed by atoms with Crippen LogP contribution in [0.25, 0.3) is 0 Å². The van der Waals surface area contributed by atoms with Crippen molar-refractivity contribution in [2.75, 3.05) is 6.61 Å². The predicted molar refractivity (Wildman–Crippen MR) is 67.1 cm³/mol. The number of hydrogen-bond acceptors (Lipinski definition) is 3. The normalized spacial score (nSPS) is 13.9. The molecule has 0 radical (unpaired) electrons. The highest BCUT2D eigenvalue weighted by molar-refractivity contribution is 5.72. The molecule has 2 unspecified atom stereocenters. The minimum absolute atomic E-state index is 0.197. The Kier molecular flexibility index (Phi) is 5.01. The number of esters is 1. The number of benzene rings is 1. The minimum atomic E-state index is -0.267. The van der Waals surface area contributed by atoms with E-state index in [2.05, 4.69) is 0 Å². The maximum atomic E-state index is 11.5. The van der Waals surface area contributed by atoms with E-state index in [9.17, 15) is 4.79 Å². The first-order valence-electron chi connectivity index (χ1n) is 5.94. The fourth-order valence-corrected chi connectivity index (χ4v) is 1.40. The molecule has 0 saturated heterocycles. The lowest BCUT2D eigenvalue weighted by Crippen LogP contribution is -2.29. The zero-order chi connectivity index (χ0) is 12.8. The topological polar surface area (TPSA) is 35.5 Å². The van der Waals surface area contributed by atoms with Crippen molar-refractivity contribution in [3.05, 3.63) is 29.8 Å². The third kappa shape index (κ3) is 4.10. The van der Waals surface area contributed by atoms with Gasteiger partial charge in [-0.1, -0.05) is 17.7 Å². The monoisotopic (exact) mass is 236 g/mol. The van der Waals surface area contributed by atoms with E-state index in [0.717, 1.165) is 5.75 Å². The van der Waals surface area contributed by atoms with Gasteiger partial charge in [0.25, 0.3) is 0 Å². The lowest BCUT2D eigenvalue weighted by atomic mass is 10.1. The highest BCUT2D eigenvalue weighted by Gasteiger charge is 2.22. The third-order valence-corrected chi connectivity index (χ3v) is 2.71. The van der Waals surface area contributed by atoms with Crippen LogP contribution >= 0.6 is 0 Å². The van der Waals surface area contributed by atoms with Gasteiger partial charge in [0, 0.05) is 0 Å². The highest BCUT2D eigenvalue weighted by atomic mass is 16.5. The number of carbonyl (C=O) groups is 1. The second-order valence-corrected chi connectivity index (χ2v) is 4.18. The molecule has 0 amide bonds. The molecule has 17 heavy (non-hydrogen) atoms. The van der Waals surface area contributed by atoms with E-state index in [1.165, 1.54) is 5.56 Å². The number of aryl methyl sites for hydroxylation is 1. The largest absolute Gasteiger partial charge is 0.490 e. The average molecular weight is 236 g/mol. The maximum Gasteiger partial charge on any atom is 0.312 e. The van der Waals surface area contributed by atoms with Gasteiger partial charge in [-0.15, -0.1) is 0 Å². The van der Waals surface area contributed by atoms with Crippen molar-refractivity contribution in [2.24, 2.45) is 5.92 Å². The Morgan fingerprint density at radius 3 is 2.35 bits per heavy atom. The van der Waals surface area contributed by atoms with E-state index in [4.69, 9.17) is 9.47 Å². The molecule has 0 heterocycles. The molecule has 0 aliphatic heterocycles. The Hall–Kier alpha value is -1.51. The highest BCUT2D eigenvalue weighted by Crippen LogP contribution is 2.17. The second kappa shape index (κ2) is 6.28. The lowest BCUT2D eigenvalue weighted by molar-refractivity contribution is -0.150. The van der Waals surface area contributed by atoms with Crippen molar-refractivity contribution >= 4 is 5.97 Å². The SMILES string of the molecule is CCOC(=O)C(C)C(C)Oc1ccc(C)cc1. The molecule has 0 aliphatic rings. The molecule has 0 aliphatic carbocycles. The van der Waals surface area contributed by atoms with E-state index in [0.29, 0.717) is 6.61 Å². The summed E-state index contributed by atoms with van der Waals surface area (Å²) in [7, 11) is 0. The predicted octanol–water partition coefficient (Wildman–Crippen LogP) is 2.96. The summed E-state index contributed by atoms with van der Waals surface area (Å²) in [5, 5.41) is 0. The second-order valence-electron chi connectivity index (χ2n) is 4.18. The molecule has 3 heteroatoms. The van der Waals surface area contributed by atoms with Crippen molar-refractivity contribution in [1.29, 1.82) is 0 Å². The smallest absolute Gasteiger partial charge is 0.312 e. The molecule has 94 valence electrons. The van der Waals surface area contributed by atoms with Crippen LogP contribution in [0.3, 0.4) is 0 Å². The summed E-state index contributed by atoms with van der Waals surface area (Å²) in [6.45, 7) is 7.92. The Labute approximate surface area is 103 Å². The average Bonchev–Trinajstić information content (AvgIpc) is 2.31. The van der Waals surface area contributed by atoms with Crippen LogP contribution in [0.1, 0.15) is 26.3 Å². The van der Waals surface area contributed by atoms with Gasteiger partial charge < -0.3 is 9.47 Å². The van der Waals surface area contributed by atoms with Gasteiger partial charge in [0.05, 0.1) is 12.5 Å². The van der Waals surface area contributed by atoms with Crippen LogP contribution in [0.2, 0.25) is 0 Å². The maximum absolute atomic E-state index is 11.5. The molecule has 2 atom stereocenters. The van der Waals surface area contributed by atoms with Crippen molar-refractivity contribution in [2.45, 2.75) is 33.8 Å². The molecule has 1 aromatic carbocycles. The van der Waals surface area contributed by atoms with Gasteiger partial charge >= 0.3 is 5.97 Å². The Morgan fingerprint density at radius 1 is 1.24 bits per heavy atom. The van der Waals surface area contributed by atoms with Gasteiger partial charge in [-0.3, -0.25) is 4.79 Å². The summed E-state index contributed by atoms with van der Waals surface area (Å²) >= 11 is 0. The molecule has 0 spiro atoms. The lowest BCUT2D eigenvalue weighted by Gasteiger charge is -2.20. The summed E-state index contributed by atoms with van der Waals surface area (Å²) in [4.78, 5) is 11.5. The van der Waals surface area contributed by atoms with E-state index >= 15 is 0 Å². The molecule has 0 saturated carbocycles. The van der Waals surface area contributed by atoms with E-state index < -0.39 is 0 Å². The van der Waals surface area contributed by atoms with Crippen LogP contribution in [0.4, 0.5) is 0 Å². The fourth-order valence-electron chi connectivity index (χ4n) is 1.40. The summed E-state index contributed by atoms with van der Waals surface area (Å²) < 4.78 is 10.7. The van der Waals surface area contributed by atoms with Crippen LogP contribution in [0, 0.1) is 12.8 Å². The van der Waals surface area contributed by atoms with E-state index in [1.54, 1.807) is 6.92 Å². The standard InChI is InChI=1S/C14H20O3/c1-5-16-14(15)11(3)12(4)17-13-8-6-10(2)7-9-13/h6-9,11-12H,5H2,1-4H3. The van der Waals surface area contributed by atoms with Crippen molar-refractivity contribution < 1.29 is 14.3 Å². The quantitative estimate of drug-likeness (QED) is 0.737. The van der Waals surface area contributed by atoms with Crippen molar-refractivity contribution in [1.82, 2.24) is 0 Å². The Morgan fingerprint density at radius 2 is 1.82 bits per heavy atom. The molecule has 0 aromatic heterocycles. The van der Waals surface area contributed by atoms with Gasteiger partial charge in [0.2, 0.25) is 0 Å². The van der Waals surface area contributed by atoms with Gasteiger partial charge in [-0.25, -0.2) is 0 Å². The molecule has 3 nitrogen and oxygen atoms in total. The van der Waals surface area contributed by atoms with Gasteiger partial charge in [0.15, 0.2) is 0 Å². The fraction of sp³-hybridized carbons (Fsp3) is 0.500. The molecule has 0 N–H and O–H groups in total. The van der Waals surface area contributed by atoms with Crippen LogP contribution in [-0.4, -0.2) is 18.7 Å². The van der Waals surface area contributed by atoms with Gasteiger partial charge in [-0.05, 0) is 39.8 Å². The minimum Gasteiger partial charge on any atom is -0.490 e. The van der Waals surface area contributed by atoms with Crippen LogP contribution in [-0.2, 0) is 9.53 Å². The van der Waals surface area contributed by atoms with Crippen LogP contribution in [0.5, 0.6) is 5.75 Å². The molecule has 1 aromatic rings. The summed E-state index contributed by atoms with van der Waals surface area (Å²) in [5.41, 5.74) is 1.18. The molecule has 0 bridgehead atoms.